The summed E-state index contributed by atoms with van der Waals surface area (Å²) in [7, 11) is 1.54. The maximum Gasteiger partial charge on any atom is 0.419 e. The summed E-state index contributed by atoms with van der Waals surface area (Å²) in [4.78, 5) is 11.4. The number of hydrogen-bond acceptors (Lipinski definition) is 2. The number of nitrogens with zero attached hydrogens (tertiary/aromatic N) is 1. The first-order valence-electron chi connectivity index (χ1n) is 6.59. The van der Waals surface area contributed by atoms with Crippen LogP contribution in [0.15, 0.2) is 39.5 Å². The highest BCUT2D eigenvalue weighted by Gasteiger charge is 2.14. The minimum atomic E-state index is -0.561. The van der Waals surface area contributed by atoms with Crippen LogP contribution < -0.4 is 5.76 Å². The summed E-state index contributed by atoms with van der Waals surface area (Å²) in [6, 6.07) is 7.27. The Labute approximate surface area is 119 Å². The summed E-state index contributed by atoms with van der Waals surface area (Å²) in [6.45, 7) is 1.85. The molecule has 5 heteroatoms. The highest BCUT2D eigenvalue weighted by molar-refractivity contribution is 5.81. The zero-order valence-electron chi connectivity index (χ0n) is 11.6. The molecule has 0 radical (unpaired) electrons. The third-order valence-electron chi connectivity index (χ3n) is 3.63. The predicted octanol–water partition coefficient (Wildman–Crippen LogP) is 3.64. The van der Waals surface area contributed by atoms with E-state index in [9.17, 15) is 13.6 Å². The summed E-state index contributed by atoms with van der Waals surface area (Å²) in [5.41, 5.74) is 1.89. The number of halogens is 2. The van der Waals surface area contributed by atoms with Crippen molar-refractivity contribution >= 4 is 11.1 Å². The molecule has 3 nitrogen and oxygen atoms in total. The molecule has 1 aromatic heterocycles. The Balaban J connectivity index is 2.24. The zero-order chi connectivity index (χ0) is 15.1. The van der Waals surface area contributed by atoms with E-state index < -0.39 is 11.6 Å². The average molecular weight is 289 g/mol. The third-order valence-corrected chi connectivity index (χ3v) is 3.63. The monoisotopic (exact) mass is 289 g/mol. The van der Waals surface area contributed by atoms with Crippen molar-refractivity contribution in [3.05, 3.63) is 58.1 Å². The zero-order valence-corrected chi connectivity index (χ0v) is 11.6. The lowest BCUT2D eigenvalue weighted by Gasteiger charge is -2.06. The van der Waals surface area contributed by atoms with Crippen LogP contribution in [0.2, 0.25) is 0 Å². The van der Waals surface area contributed by atoms with Gasteiger partial charge in [0, 0.05) is 18.7 Å². The van der Waals surface area contributed by atoms with Crippen LogP contribution in [0.4, 0.5) is 8.78 Å². The van der Waals surface area contributed by atoms with E-state index in [0.29, 0.717) is 23.1 Å². The molecule has 0 unspecified atom stereocenters. The molecule has 0 amide bonds. The fourth-order valence-corrected chi connectivity index (χ4v) is 2.37. The highest BCUT2D eigenvalue weighted by atomic mass is 19.1. The fourth-order valence-electron chi connectivity index (χ4n) is 2.37. The van der Waals surface area contributed by atoms with Crippen LogP contribution in [0.5, 0.6) is 0 Å². The molecule has 3 aromatic rings. The average Bonchev–Trinajstić information content (AvgIpc) is 2.72. The molecule has 0 spiro atoms. The molecule has 108 valence electrons. The van der Waals surface area contributed by atoms with E-state index in [4.69, 9.17) is 4.42 Å². The minimum absolute atomic E-state index is 0.175. The quantitative estimate of drug-likeness (QED) is 0.722. The summed E-state index contributed by atoms with van der Waals surface area (Å²) in [5.74, 6) is -1.48. The van der Waals surface area contributed by atoms with Gasteiger partial charge in [0.2, 0.25) is 0 Å². The fraction of sp³-hybridized carbons (Fsp3) is 0.188. The van der Waals surface area contributed by atoms with Gasteiger partial charge in [0.15, 0.2) is 5.58 Å². The smallest absolute Gasteiger partial charge is 0.408 e. The van der Waals surface area contributed by atoms with Crippen molar-refractivity contribution in [1.29, 1.82) is 0 Å². The molecule has 1 heterocycles. The van der Waals surface area contributed by atoms with Crippen LogP contribution in [0, 0.1) is 11.6 Å². The lowest BCUT2D eigenvalue weighted by Crippen LogP contribution is -2.08. The van der Waals surface area contributed by atoms with E-state index in [-0.39, 0.29) is 17.0 Å². The first-order chi connectivity index (χ1) is 10.0. The van der Waals surface area contributed by atoms with E-state index in [1.165, 1.54) is 23.7 Å². The molecular formula is C16H13F2NO2. The van der Waals surface area contributed by atoms with E-state index in [2.05, 4.69) is 0 Å². The molecule has 0 bridgehead atoms. The van der Waals surface area contributed by atoms with E-state index >= 15 is 0 Å². The number of rotatable bonds is 2. The molecular weight excluding hydrogens is 276 g/mol. The number of aromatic nitrogens is 1. The summed E-state index contributed by atoms with van der Waals surface area (Å²) >= 11 is 0. The number of aryl methyl sites for hydroxylation is 2. The molecule has 3 rings (SSSR count). The molecule has 0 saturated carbocycles. The van der Waals surface area contributed by atoms with Crippen molar-refractivity contribution < 1.29 is 13.2 Å². The number of hydrogen-bond donors (Lipinski definition) is 0. The Kier molecular flexibility index (Phi) is 3.12. The molecule has 0 aliphatic heterocycles. The van der Waals surface area contributed by atoms with Gasteiger partial charge in [-0.3, -0.25) is 4.57 Å². The number of fused-ring (bicyclic) bond motifs is 1. The Morgan fingerprint density at radius 3 is 2.57 bits per heavy atom. The van der Waals surface area contributed by atoms with Gasteiger partial charge in [-0.2, -0.15) is 0 Å². The Morgan fingerprint density at radius 1 is 1.14 bits per heavy atom. The lowest BCUT2D eigenvalue weighted by atomic mass is 10.0. The van der Waals surface area contributed by atoms with Crippen LogP contribution in [-0.2, 0) is 13.5 Å². The Bertz CT molecular complexity index is 893. The van der Waals surface area contributed by atoms with E-state index in [1.807, 2.05) is 6.92 Å². The van der Waals surface area contributed by atoms with Crippen molar-refractivity contribution in [3.63, 3.8) is 0 Å². The molecule has 0 N–H and O–H groups in total. The van der Waals surface area contributed by atoms with E-state index in [0.717, 1.165) is 6.07 Å². The van der Waals surface area contributed by atoms with Gasteiger partial charge in [0.25, 0.3) is 0 Å². The number of benzene rings is 2. The first-order valence-corrected chi connectivity index (χ1v) is 6.59. The number of oxazole rings is 1. The maximum atomic E-state index is 14.2. The molecule has 0 aliphatic carbocycles. The SMILES string of the molecule is CCc1ccc(-c2cc3c(cc2F)oc(=O)n3C)cc1F. The molecule has 0 aliphatic rings. The van der Waals surface area contributed by atoms with Crippen LogP contribution in [0.1, 0.15) is 12.5 Å². The van der Waals surface area contributed by atoms with E-state index in [1.54, 1.807) is 12.1 Å². The van der Waals surface area contributed by atoms with Crippen LogP contribution >= 0.6 is 0 Å². The lowest BCUT2D eigenvalue weighted by molar-refractivity contribution is 0.525. The van der Waals surface area contributed by atoms with Gasteiger partial charge in [-0.25, -0.2) is 13.6 Å². The molecule has 2 aromatic carbocycles. The van der Waals surface area contributed by atoms with Crippen molar-refractivity contribution in [2.24, 2.45) is 7.05 Å². The molecule has 0 atom stereocenters. The summed E-state index contributed by atoms with van der Waals surface area (Å²) < 4.78 is 34.2. The van der Waals surface area contributed by atoms with Crippen molar-refractivity contribution in [2.45, 2.75) is 13.3 Å². The van der Waals surface area contributed by atoms with Crippen LogP contribution in [0.3, 0.4) is 0 Å². The molecule has 21 heavy (non-hydrogen) atoms. The van der Waals surface area contributed by atoms with Gasteiger partial charge in [-0.05, 0) is 29.7 Å². The highest BCUT2D eigenvalue weighted by Crippen LogP contribution is 2.28. The first kappa shape index (κ1) is 13.5. The second-order valence-electron chi connectivity index (χ2n) is 4.89. The molecule has 0 fully saturated rings. The largest absolute Gasteiger partial charge is 0.419 e. The van der Waals surface area contributed by atoms with Crippen molar-refractivity contribution in [3.8, 4) is 11.1 Å². The van der Waals surface area contributed by atoms with Crippen molar-refractivity contribution in [1.82, 2.24) is 4.57 Å². The van der Waals surface area contributed by atoms with Gasteiger partial charge < -0.3 is 4.42 Å². The Hall–Kier alpha value is -2.43. The Morgan fingerprint density at radius 2 is 1.90 bits per heavy atom. The normalized spacial score (nSPS) is 11.2. The standard InChI is InChI=1S/C16H13F2NO2/c1-3-9-4-5-10(6-12(9)17)11-7-14-15(8-13(11)18)21-16(20)19(14)2/h4-8H,3H2,1-2H3. The minimum Gasteiger partial charge on any atom is -0.408 e. The predicted molar refractivity (Wildman–Crippen MR) is 76.2 cm³/mol. The van der Waals surface area contributed by atoms with Gasteiger partial charge >= 0.3 is 5.76 Å². The second kappa shape index (κ2) is 4.84. The second-order valence-corrected chi connectivity index (χ2v) is 4.89. The summed E-state index contributed by atoms with van der Waals surface area (Å²) in [6.07, 6.45) is 0.573. The topological polar surface area (TPSA) is 35.1 Å². The third kappa shape index (κ3) is 2.14. The van der Waals surface area contributed by atoms with Gasteiger partial charge in [-0.1, -0.05) is 19.1 Å². The van der Waals surface area contributed by atoms with Gasteiger partial charge in [0.1, 0.15) is 11.6 Å². The van der Waals surface area contributed by atoms with Gasteiger partial charge in [-0.15, -0.1) is 0 Å². The van der Waals surface area contributed by atoms with Crippen LogP contribution in [-0.4, -0.2) is 4.57 Å². The van der Waals surface area contributed by atoms with Gasteiger partial charge in [0.05, 0.1) is 5.52 Å². The maximum absolute atomic E-state index is 14.2. The van der Waals surface area contributed by atoms with Crippen LogP contribution in [0.25, 0.3) is 22.2 Å². The molecule has 0 saturated heterocycles. The van der Waals surface area contributed by atoms with Crippen molar-refractivity contribution in [2.75, 3.05) is 0 Å². The summed E-state index contributed by atoms with van der Waals surface area (Å²) in [5, 5.41) is 0.